The molecule has 0 bridgehead atoms. The summed E-state index contributed by atoms with van der Waals surface area (Å²) in [4.78, 5) is 11.3. The van der Waals surface area contributed by atoms with E-state index in [2.05, 4.69) is 0 Å². The van der Waals surface area contributed by atoms with Crippen LogP contribution in [-0.2, 0) is 0 Å². The highest BCUT2D eigenvalue weighted by Gasteiger charge is 2.21. The van der Waals surface area contributed by atoms with Gasteiger partial charge < -0.3 is 25.4 Å². The summed E-state index contributed by atoms with van der Waals surface area (Å²) in [6.45, 7) is 0. The maximum absolute atomic E-state index is 11.3. The predicted molar refractivity (Wildman–Crippen MR) is 76.8 cm³/mol. The molecule has 21 heavy (non-hydrogen) atoms. The summed E-state index contributed by atoms with van der Waals surface area (Å²) in [5.41, 5.74) is 5.55. The van der Waals surface area contributed by atoms with E-state index in [-0.39, 0.29) is 16.9 Å². The van der Waals surface area contributed by atoms with Crippen molar-refractivity contribution in [1.29, 1.82) is 0 Å². The molecule has 6 heteroatoms. The van der Waals surface area contributed by atoms with Crippen LogP contribution in [0.3, 0.4) is 0 Å². The van der Waals surface area contributed by atoms with Crippen LogP contribution in [0.1, 0.15) is 10.4 Å². The monoisotopic (exact) mass is 289 g/mol. The molecule has 0 aliphatic carbocycles. The molecule has 0 saturated heterocycles. The average Bonchev–Trinajstić information content (AvgIpc) is 2.46. The Labute approximate surface area is 121 Å². The van der Waals surface area contributed by atoms with Crippen molar-refractivity contribution in [2.45, 2.75) is 0 Å². The quantitative estimate of drug-likeness (QED) is 0.797. The zero-order valence-electron chi connectivity index (χ0n) is 11.6. The van der Waals surface area contributed by atoms with Gasteiger partial charge in [0.05, 0.1) is 25.3 Å². The number of aromatic hydroxyl groups is 2. The number of primary amides is 1. The Hall–Kier alpha value is -2.89. The largest absolute Gasteiger partial charge is 0.507 e. The lowest BCUT2D eigenvalue weighted by Crippen LogP contribution is -2.11. The van der Waals surface area contributed by atoms with Gasteiger partial charge in [-0.05, 0) is 18.2 Å². The molecule has 0 fully saturated rings. The molecule has 2 rings (SSSR count). The number of nitrogens with two attached hydrogens (primary N) is 1. The highest BCUT2D eigenvalue weighted by molar-refractivity contribution is 5.99. The minimum Gasteiger partial charge on any atom is -0.507 e. The van der Waals surface area contributed by atoms with Crippen LogP contribution in [0.4, 0.5) is 0 Å². The second-order valence-corrected chi connectivity index (χ2v) is 4.26. The third-order valence-corrected chi connectivity index (χ3v) is 3.09. The number of phenolic OH excluding ortho intramolecular Hbond substituents is 1. The first-order valence-electron chi connectivity index (χ1n) is 6.07. The summed E-state index contributed by atoms with van der Waals surface area (Å²) in [6.07, 6.45) is 0. The summed E-state index contributed by atoms with van der Waals surface area (Å²) >= 11 is 0. The van der Waals surface area contributed by atoms with Crippen molar-refractivity contribution in [1.82, 2.24) is 0 Å². The number of carbonyl (C=O) groups is 1. The van der Waals surface area contributed by atoms with Crippen molar-refractivity contribution < 1.29 is 24.5 Å². The summed E-state index contributed by atoms with van der Waals surface area (Å²) in [5.74, 6) is -0.654. The van der Waals surface area contributed by atoms with Crippen LogP contribution in [0.5, 0.6) is 23.0 Å². The Bertz CT molecular complexity index is 697. The number of carbonyl (C=O) groups excluding carboxylic acids is 1. The van der Waals surface area contributed by atoms with Crippen molar-refractivity contribution in [3.8, 4) is 34.1 Å². The van der Waals surface area contributed by atoms with Crippen LogP contribution in [0.25, 0.3) is 11.1 Å². The van der Waals surface area contributed by atoms with Crippen LogP contribution in [0, 0.1) is 0 Å². The predicted octanol–water partition coefficient (Wildman–Crippen LogP) is 1.88. The van der Waals surface area contributed by atoms with Gasteiger partial charge in [-0.3, -0.25) is 4.79 Å². The summed E-state index contributed by atoms with van der Waals surface area (Å²) in [7, 11) is 2.91. The molecule has 0 aliphatic heterocycles. The number of para-hydroxylation sites is 1. The third-order valence-electron chi connectivity index (χ3n) is 3.09. The molecule has 0 heterocycles. The molecule has 2 aromatic rings. The van der Waals surface area contributed by atoms with Crippen LogP contribution < -0.4 is 15.2 Å². The van der Waals surface area contributed by atoms with E-state index in [4.69, 9.17) is 15.2 Å². The molecule has 0 aliphatic rings. The van der Waals surface area contributed by atoms with E-state index < -0.39 is 11.7 Å². The Morgan fingerprint density at radius 3 is 2.38 bits per heavy atom. The van der Waals surface area contributed by atoms with Gasteiger partial charge in [-0.1, -0.05) is 12.1 Å². The van der Waals surface area contributed by atoms with Gasteiger partial charge in [0.25, 0.3) is 5.91 Å². The van der Waals surface area contributed by atoms with Gasteiger partial charge in [-0.25, -0.2) is 0 Å². The van der Waals surface area contributed by atoms with E-state index in [9.17, 15) is 15.0 Å². The Morgan fingerprint density at radius 2 is 1.81 bits per heavy atom. The van der Waals surface area contributed by atoms with E-state index in [1.807, 2.05) is 0 Å². The van der Waals surface area contributed by atoms with Gasteiger partial charge in [0, 0.05) is 5.56 Å². The van der Waals surface area contributed by atoms with Crippen LogP contribution >= 0.6 is 0 Å². The van der Waals surface area contributed by atoms with Crippen LogP contribution in [-0.4, -0.2) is 30.3 Å². The maximum Gasteiger partial charge on any atom is 0.252 e. The van der Waals surface area contributed by atoms with Crippen molar-refractivity contribution in [3.05, 3.63) is 35.9 Å². The molecule has 0 radical (unpaired) electrons. The van der Waals surface area contributed by atoms with Gasteiger partial charge in [-0.15, -0.1) is 0 Å². The molecule has 0 spiro atoms. The number of hydrogen-bond acceptors (Lipinski definition) is 5. The highest BCUT2D eigenvalue weighted by Crippen LogP contribution is 2.46. The SMILES string of the molecule is COc1cccc(-c2c(O)ccc(C(N)=O)c2O)c1OC. The van der Waals surface area contributed by atoms with E-state index in [1.54, 1.807) is 18.2 Å². The normalized spacial score (nSPS) is 10.2. The molecular weight excluding hydrogens is 274 g/mol. The first-order valence-corrected chi connectivity index (χ1v) is 6.07. The smallest absolute Gasteiger partial charge is 0.252 e. The number of hydrogen-bond donors (Lipinski definition) is 3. The van der Waals surface area contributed by atoms with Crippen molar-refractivity contribution in [2.24, 2.45) is 5.73 Å². The van der Waals surface area contributed by atoms with Crippen LogP contribution in [0.15, 0.2) is 30.3 Å². The van der Waals surface area contributed by atoms with Gasteiger partial charge >= 0.3 is 0 Å². The lowest BCUT2D eigenvalue weighted by atomic mass is 9.98. The van der Waals surface area contributed by atoms with E-state index in [0.29, 0.717) is 17.1 Å². The molecule has 0 saturated carbocycles. The fourth-order valence-corrected chi connectivity index (χ4v) is 2.13. The number of methoxy groups -OCH3 is 2. The summed E-state index contributed by atoms with van der Waals surface area (Å²) in [6, 6.07) is 7.51. The lowest BCUT2D eigenvalue weighted by molar-refractivity contribution is 0.0998. The van der Waals surface area contributed by atoms with E-state index in [1.165, 1.54) is 26.4 Å². The Balaban J connectivity index is 2.78. The van der Waals surface area contributed by atoms with Gasteiger partial charge in [0.2, 0.25) is 0 Å². The van der Waals surface area contributed by atoms with Gasteiger partial charge in [-0.2, -0.15) is 0 Å². The molecule has 2 aromatic carbocycles. The Morgan fingerprint density at radius 1 is 1.10 bits per heavy atom. The summed E-state index contributed by atoms with van der Waals surface area (Å²) in [5, 5.41) is 20.2. The first-order chi connectivity index (χ1) is 10.0. The average molecular weight is 289 g/mol. The fourth-order valence-electron chi connectivity index (χ4n) is 2.13. The highest BCUT2D eigenvalue weighted by atomic mass is 16.5. The molecule has 0 atom stereocenters. The van der Waals surface area contributed by atoms with E-state index >= 15 is 0 Å². The molecule has 0 aromatic heterocycles. The number of amides is 1. The number of rotatable bonds is 4. The van der Waals surface area contributed by atoms with Gasteiger partial charge in [0.15, 0.2) is 11.5 Å². The zero-order valence-corrected chi connectivity index (χ0v) is 11.6. The molecule has 4 N–H and O–H groups in total. The lowest BCUT2D eigenvalue weighted by Gasteiger charge is -2.15. The maximum atomic E-state index is 11.3. The topological polar surface area (TPSA) is 102 Å². The second-order valence-electron chi connectivity index (χ2n) is 4.26. The minimum atomic E-state index is -0.796. The van der Waals surface area contributed by atoms with E-state index in [0.717, 1.165) is 0 Å². The molecule has 6 nitrogen and oxygen atoms in total. The minimum absolute atomic E-state index is 0.0575. The van der Waals surface area contributed by atoms with Crippen molar-refractivity contribution in [3.63, 3.8) is 0 Å². The fraction of sp³-hybridized carbons (Fsp3) is 0.133. The molecular formula is C15H15NO5. The molecule has 1 amide bonds. The number of benzene rings is 2. The van der Waals surface area contributed by atoms with Crippen LogP contribution in [0.2, 0.25) is 0 Å². The third kappa shape index (κ3) is 2.43. The standard InChI is InChI=1S/C15H15NO5/c1-20-11-5-3-4-8(14(11)21-2)12-10(17)7-6-9(13(12)18)15(16)19/h3-7,17-18H,1-2H3,(H2,16,19). The number of ether oxygens (including phenoxy) is 2. The Kier molecular flexibility index (Phi) is 3.89. The van der Waals surface area contributed by atoms with Crippen molar-refractivity contribution >= 4 is 5.91 Å². The second kappa shape index (κ2) is 5.62. The van der Waals surface area contributed by atoms with Gasteiger partial charge in [0.1, 0.15) is 11.5 Å². The first kappa shape index (κ1) is 14.5. The van der Waals surface area contributed by atoms with Crippen molar-refractivity contribution in [2.75, 3.05) is 14.2 Å². The molecule has 0 unspecified atom stereocenters. The summed E-state index contributed by atoms with van der Waals surface area (Å²) < 4.78 is 10.4. The zero-order chi connectivity index (χ0) is 15.6. The number of phenols is 2. The molecule has 110 valence electrons.